The number of nitrogens with one attached hydrogen (secondary N) is 1. The molecule has 0 spiro atoms. The predicted molar refractivity (Wildman–Crippen MR) is 78.6 cm³/mol. The van der Waals surface area contributed by atoms with Crippen molar-refractivity contribution in [3.05, 3.63) is 0 Å². The van der Waals surface area contributed by atoms with E-state index in [4.69, 9.17) is 5.73 Å². The fourth-order valence-electron chi connectivity index (χ4n) is 3.69. The molecule has 2 aliphatic rings. The van der Waals surface area contributed by atoms with Crippen molar-refractivity contribution < 1.29 is 4.79 Å². The molecule has 2 bridgehead atoms. The highest BCUT2D eigenvalue weighted by atomic mass is 16.2. The van der Waals surface area contributed by atoms with E-state index in [1.807, 2.05) is 27.7 Å². The highest BCUT2D eigenvalue weighted by Gasteiger charge is 2.45. The van der Waals surface area contributed by atoms with Crippen LogP contribution in [0.2, 0.25) is 0 Å². The lowest BCUT2D eigenvalue weighted by Gasteiger charge is -2.39. The van der Waals surface area contributed by atoms with Crippen LogP contribution in [0.5, 0.6) is 0 Å². The second-order valence-electron chi connectivity index (χ2n) is 7.95. The number of nitrogens with two attached hydrogens (primary N) is 1. The van der Waals surface area contributed by atoms with E-state index in [0.717, 1.165) is 11.8 Å². The Balaban J connectivity index is 1.96. The summed E-state index contributed by atoms with van der Waals surface area (Å²) in [6.07, 6.45) is 5.46. The summed E-state index contributed by atoms with van der Waals surface area (Å²) in [5.41, 5.74) is 5.09. The van der Waals surface area contributed by atoms with E-state index in [1.54, 1.807) is 0 Å². The lowest BCUT2D eigenvalue weighted by Crippen LogP contribution is -2.57. The number of rotatable bonds is 4. The van der Waals surface area contributed by atoms with Crippen LogP contribution >= 0.6 is 0 Å². The maximum Gasteiger partial charge on any atom is 0.227 e. The van der Waals surface area contributed by atoms with E-state index in [2.05, 4.69) is 12.2 Å². The smallest absolute Gasteiger partial charge is 0.227 e. The van der Waals surface area contributed by atoms with Crippen molar-refractivity contribution in [2.75, 3.05) is 0 Å². The third kappa shape index (κ3) is 2.67. The minimum atomic E-state index is -0.543. The summed E-state index contributed by atoms with van der Waals surface area (Å²) in [5, 5.41) is 3.23. The minimum Gasteiger partial charge on any atom is -0.353 e. The summed E-state index contributed by atoms with van der Waals surface area (Å²) < 4.78 is 0. The average Bonchev–Trinajstić information content (AvgIpc) is 2.88. The van der Waals surface area contributed by atoms with E-state index in [0.29, 0.717) is 5.92 Å². The molecule has 2 aliphatic carbocycles. The van der Waals surface area contributed by atoms with Crippen LogP contribution in [0.15, 0.2) is 0 Å². The quantitative estimate of drug-likeness (QED) is 0.822. The van der Waals surface area contributed by atoms with E-state index in [1.165, 1.54) is 25.7 Å². The molecule has 0 aromatic carbocycles. The molecular weight excluding hydrogens is 236 g/mol. The highest BCUT2D eigenvalue weighted by Crippen LogP contribution is 2.49. The molecule has 110 valence electrons. The first kappa shape index (κ1) is 14.8. The van der Waals surface area contributed by atoms with Gasteiger partial charge in [-0.2, -0.15) is 0 Å². The molecule has 3 nitrogen and oxygen atoms in total. The number of hydrogen-bond acceptors (Lipinski definition) is 2. The molecule has 2 rings (SSSR count). The van der Waals surface area contributed by atoms with Crippen molar-refractivity contribution in [1.82, 2.24) is 5.32 Å². The molecule has 2 fully saturated rings. The minimum absolute atomic E-state index is 0.0928. The Kier molecular flexibility index (Phi) is 3.72. The van der Waals surface area contributed by atoms with Gasteiger partial charge in [-0.15, -0.1) is 0 Å². The number of fused-ring (bicyclic) bond motifs is 2. The van der Waals surface area contributed by atoms with Crippen molar-refractivity contribution in [3.63, 3.8) is 0 Å². The van der Waals surface area contributed by atoms with Crippen molar-refractivity contribution >= 4 is 5.91 Å². The Labute approximate surface area is 117 Å². The number of carbonyl (C=O) groups excluding carboxylic acids is 1. The van der Waals surface area contributed by atoms with E-state index in [9.17, 15) is 4.79 Å². The first-order valence-electron chi connectivity index (χ1n) is 7.72. The maximum atomic E-state index is 12.5. The molecule has 0 aromatic heterocycles. The maximum absolute atomic E-state index is 12.5. The molecular formula is C16H30N2O. The zero-order valence-electron chi connectivity index (χ0n) is 13.1. The normalized spacial score (nSPS) is 32.4. The summed E-state index contributed by atoms with van der Waals surface area (Å²) in [7, 11) is 0. The molecule has 0 radical (unpaired) electrons. The van der Waals surface area contributed by atoms with Crippen molar-refractivity contribution in [2.45, 2.75) is 71.9 Å². The Hall–Kier alpha value is -0.570. The van der Waals surface area contributed by atoms with E-state index < -0.39 is 11.0 Å². The van der Waals surface area contributed by atoms with Gasteiger partial charge >= 0.3 is 0 Å². The lowest BCUT2D eigenvalue weighted by atomic mass is 9.74. The van der Waals surface area contributed by atoms with Crippen LogP contribution in [0.3, 0.4) is 0 Å². The molecule has 0 saturated heterocycles. The van der Waals surface area contributed by atoms with Gasteiger partial charge in [-0.25, -0.2) is 0 Å². The van der Waals surface area contributed by atoms with Crippen LogP contribution in [0, 0.1) is 23.2 Å². The van der Waals surface area contributed by atoms with Gasteiger partial charge in [0.05, 0.1) is 5.41 Å². The molecule has 2 saturated carbocycles. The third-order valence-corrected chi connectivity index (χ3v) is 5.97. The lowest BCUT2D eigenvalue weighted by molar-refractivity contribution is -0.133. The van der Waals surface area contributed by atoms with Gasteiger partial charge < -0.3 is 11.1 Å². The monoisotopic (exact) mass is 266 g/mol. The summed E-state index contributed by atoms with van der Waals surface area (Å²) in [4.78, 5) is 12.5. The summed E-state index contributed by atoms with van der Waals surface area (Å²) in [6.45, 7) is 9.90. The van der Waals surface area contributed by atoms with Gasteiger partial charge in [0.1, 0.15) is 0 Å². The van der Waals surface area contributed by atoms with Gasteiger partial charge in [-0.05, 0) is 71.6 Å². The van der Waals surface area contributed by atoms with Gasteiger partial charge in [0, 0.05) is 11.6 Å². The molecule has 19 heavy (non-hydrogen) atoms. The molecule has 3 heteroatoms. The number of amides is 1. The zero-order valence-corrected chi connectivity index (χ0v) is 13.1. The topological polar surface area (TPSA) is 55.1 Å². The first-order chi connectivity index (χ1) is 8.63. The summed E-state index contributed by atoms with van der Waals surface area (Å²) in [6, 6.07) is 0.282. The highest BCUT2D eigenvalue weighted by molar-refractivity contribution is 5.83. The Morgan fingerprint density at radius 2 is 1.84 bits per heavy atom. The Morgan fingerprint density at radius 3 is 2.26 bits per heavy atom. The fourth-order valence-corrected chi connectivity index (χ4v) is 3.69. The third-order valence-electron chi connectivity index (χ3n) is 5.97. The predicted octanol–water partition coefficient (Wildman–Crippen LogP) is 2.69. The second kappa shape index (κ2) is 4.76. The van der Waals surface area contributed by atoms with Gasteiger partial charge in [0.25, 0.3) is 0 Å². The second-order valence-corrected chi connectivity index (χ2v) is 7.95. The van der Waals surface area contributed by atoms with Crippen LogP contribution in [-0.2, 0) is 4.79 Å². The Morgan fingerprint density at radius 1 is 1.21 bits per heavy atom. The van der Waals surface area contributed by atoms with Crippen LogP contribution in [-0.4, -0.2) is 17.5 Å². The molecule has 4 atom stereocenters. The first-order valence-corrected chi connectivity index (χ1v) is 7.72. The van der Waals surface area contributed by atoms with Crippen LogP contribution < -0.4 is 11.1 Å². The molecule has 3 N–H and O–H groups in total. The zero-order chi connectivity index (χ0) is 14.4. The van der Waals surface area contributed by atoms with Crippen LogP contribution in [0.25, 0.3) is 0 Å². The standard InChI is InChI=1S/C16H30N2O/c1-10(13-9-11-6-7-12(13)8-11)18-14(19)15(2,3)16(4,5)17/h10-13H,6-9,17H2,1-5H3,(H,18,19). The summed E-state index contributed by atoms with van der Waals surface area (Å²) >= 11 is 0. The van der Waals surface area contributed by atoms with Crippen molar-refractivity contribution in [2.24, 2.45) is 28.9 Å². The molecule has 1 amide bonds. The molecule has 4 unspecified atom stereocenters. The molecule has 0 heterocycles. The molecule has 0 aliphatic heterocycles. The van der Waals surface area contributed by atoms with Gasteiger partial charge in [-0.3, -0.25) is 4.79 Å². The van der Waals surface area contributed by atoms with E-state index in [-0.39, 0.29) is 11.9 Å². The molecule has 0 aromatic rings. The van der Waals surface area contributed by atoms with E-state index >= 15 is 0 Å². The number of hydrogen-bond donors (Lipinski definition) is 2. The van der Waals surface area contributed by atoms with Crippen molar-refractivity contribution in [3.8, 4) is 0 Å². The van der Waals surface area contributed by atoms with Gasteiger partial charge in [0.15, 0.2) is 0 Å². The van der Waals surface area contributed by atoms with Crippen molar-refractivity contribution in [1.29, 1.82) is 0 Å². The fraction of sp³-hybridized carbons (Fsp3) is 0.938. The largest absolute Gasteiger partial charge is 0.353 e. The SMILES string of the molecule is CC(NC(=O)C(C)(C)C(C)(C)N)C1CC2CCC1C2. The van der Waals surface area contributed by atoms with Crippen LogP contribution in [0.1, 0.15) is 60.3 Å². The van der Waals surface area contributed by atoms with Crippen LogP contribution in [0.4, 0.5) is 0 Å². The number of carbonyl (C=O) groups is 1. The van der Waals surface area contributed by atoms with Gasteiger partial charge in [-0.1, -0.05) is 6.42 Å². The summed E-state index contributed by atoms with van der Waals surface area (Å²) in [5.74, 6) is 2.54. The van der Waals surface area contributed by atoms with Gasteiger partial charge in [0.2, 0.25) is 5.91 Å². The average molecular weight is 266 g/mol. The Bertz CT molecular complexity index is 356.